The molecule has 1 N–H and O–H groups in total. The minimum absolute atomic E-state index is 0.126. The summed E-state index contributed by atoms with van der Waals surface area (Å²) in [5.74, 6) is -0.677. The number of pyridine rings is 1. The molecule has 2 heterocycles. The number of aromatic nitrogens is 1. The zero-order chi connectivity index (χ0) is 18.7. The molecular weight excluding hydrogens is 332 g/mol. The molecule has 1 aliphatic heterocycles. The van der Waals surface area contributed by atoms with Crippen LogP contribution in [0.25, 0.3) is 0 Å². The number of benzene rings is 1. The summed E-state index contributed by atoms with van der Waals surface area (Å²) in [5, 5.41) is 9.10. The third kappa shape index (κ3) is 3.85. The zero-order valence-electron chi connectivity index (χ0n) is 14.9. The van der Waals surface area contributed by atoms with Crippen molar-refractivity contribution in [3.63, 3.8) is 0 Å². The highest BCUT2D eigenvalue weighted by Crippen LogP contribution is 2.27. The topological polar surface area (TPSA) is 79.7 Å². The molecule has 1 atom stereocenters. The molecule has 0 radical (unpaired) electrons. The number of carbonyl (C=O) groups excluding carboxylic acids is 1. The van der Waals surface area contributed by atoms with Gasteiger partial charge in [-0.3, -0.25) is 14.6 Å². The van der Waals surface area contributed by atoms with Crippen molar-refractivity contribution in [1.82, 2.24) is 9.88 Å². The summed E-state index contributed by atoms with van der Waals surface area (Å²) < 4.78 is 5.92. The van der Waals surface area contributed by atoms with Gasteiger partial charge < -0.3 is 14.7 Å². The van der Waals surface area contributed by atoms with Crippen molar-refractivity contribution >= 4 is 11.9 Å². The van der Waals surface area contributed by atoms with E-state index in [0.717, 1.165) is 22.4 Å². The van der Waals surface area contributed by atoms with Crippen LogP contribution in [-0.4, -0.2) is 40.0 Å². The molecule has 136 valence electrons. The summed E-state index contributed by atoms with van der Waals surface area (Å²) in [7, 11) is 0. The average Bonchev–Trinajstić information content (AvgIpc) is 3.11. The van der Waals surface area contributed by atoms with Gasteiger partial charge in [-0.05, 0) is 49.6 Å². The van der Waals surface area contributed by atoms with Crippen LogP contribution in [0.5, 0.6) is 5.75 Å². The highest BCUT2D eigenvalue weighted by Gasteiger charge is 2.31. The second kappa shape index (κ2) is 7.56. The molecule has 1 fully saturated rings. The van der Waals surface area contributed by atoms with Crippen molar-refractivity contribution in [2.75, 3.05) is 13.1 Å². The molecule has 6 heteroatoms. The second-order valence-corrected chi connectivity index (χ2v) is 6.66. The van der Waals surface area contributed by atoms with Crippen molar-refractivity contribution in [3.8, 4) is 5.75 Å². The lowest BCUT2D eigenvalue weighted by Crippen LogP contribution is -2.30. The number of carboxylic acid groups (broad SMARTS) is 1. The summed E-state index contributed by atoms with van der Waals surface area (Å²) in [5.41, 5.74) is 3.31. The Balaban J connectivity index is 1.72. The van der Waals surface area contributed by atoms with Crippen LogP contribution in [0.2, 0.25) is 0 Å². The molecule has 0 aliphatic carbocycles. The Hall–Kier alpha value is -2.89. The smallest absolute Gasteiger partial charge is 0.308 e. The quantitative estimate of drug-likeness (QED) is 0.893. The molecule has 0 saturated carbocycles. The number of ether oxygens (including phenoxy) is 1. The van der Waals surface area contributed by atoms with E-state index in [-0.39, 0.29) is 12.5 Å². The van der Waals surface area contributed by atoms with Crippen LogP contribution >= 0.6 is 0 Å². The Morgan fingerprint density at radius 3 is 2.62 bits per heavy atom. The molecule has 1 aromatic carbocycles. The lowest BCUT2D eigenvalue weighted by atomic mass is 10.0. The van der Waals surface area contributed by atoms with Gasteiger partial charge in [0.05, 0.1) is 5.92 Å². The van der Waals surface area contributed by atoms with Crippen LogP contribution in [0, 0.1) is 19.8 Å². The Kier molecular flexibility index (Phi) is 5.21. The third-order valence-corrected chi connectivity index (χ3v) is 4.64. The molecule has 0 spiro atoms. The van der Waals surface area contributed by atoms with E-state index in [0.29, 0.717) is 25.1 Å². The maximum atomic E-state index is 12.7. The molecule has 26 heavy (non-hydrogen) atoms. The number of nitrogens with zero attached hydrogens (tertiary/aromatic N) is 2. The molecule has 0 bridgehead atoms. The van der Waals surface area contributed by atoms with E-state index in [1.807, 2.05) is 38.1 Å². The minimum Gasteiger partial charge on any atom is -0.488 e. The Morgan fingerprint density at radius 2 is 2.04 bits per heavy atom. The molecule has 3 rings (SSSR count). The number of amides is 1. The highest BCUT2D eigenvalue weighted by atomic mass is 16.5. The van der Waals surface area contributed by atoms with Gasteiger partial charge in [0.2, 0.25) is 0 Å². The third-order valence-electron chi connectivity index (χ3n) is 4.64. The van der Waals surface area contributed by atoms with Crippen molar-refractivity contribution in [3.05, 3.63) is 58.9 Å². The van der Waals surface area contributed by atoms with Gasteiger partial charge in [0, 0.05) is 36.6 Å². The summed E-state index contributed by atoms with van der Waals surface area (Å²) in [4.78, 5) is 29.5. The van der Waals surface area contributed by atoms with Gasteiger partial charge >= 0.3 is 5.97 Å². The van der Waals surface area contributed by atoms with Gasteiger partial charge in [0.1, 0.15) is 12.4 Å². The molecule has 6 nitrogen and oxygen atoms in total. The SMILES string of the molecule is Cc1cc(C(=O)N2CC[C@H](C(=O)O)C2)cc(C)c1OCc1cccnc1. The van der Waals surface area contributed by atoms with E-state index >= 15 is 0 Å². The van der Waals surface area contributed by atoms with E-state index in [1.165, 1.54) is 0 Å². The molecule has 1 aromatic heterocycles. The Labute approximate surface area is 152 Å². The number of hydrogen-bond acceptors (Lipinski definition) is 4. The number of hydrogen-bond donors (Lipinski definition) is 1. The lowest BCUT2D eigenvalue weighted by Gasteiger charge is -2.18. The van der Waals surface area contributed by atoms with Gasteiger partial charge in [-0.2, -0.15) is 0 Å². The predicted molar refractivity (Wildman–Crippen MR) is 96.1 cm³/mol. The summed E-state index contributed by atoms with van der Waals surface area (Å²) in [6.07, 6.45) is 3.98. The number of carboxylic acids is 1. The number of likely N-dealkylation sites (tertiary alicyclic amines) is 1. The van der Waals surface area contributed by atoms with Gasteiger partial charge in [0.15, 0.2) is 0 Å². The molecule has 0 unspecified atom stereocenters. The first kappa shape index (κ1) is 17.9. The molecule has 1 amide bonds. The van der Waals surface area contributed by atoms with E-state index in [2.05, 4.69) is 4.98 Å². The van der Waals surface area contributed by atoms with Crippen molar-refractivity contribution in [1.29, 1.82) is 0 Å². The van der Waals surface area contributed by atoms with Gasteiger partial charge in [-0.1, -0.05) is 6.07 Å². The number of rotatable bonds is 5. The van der Waals surface area contributed by atoms with Gasteiger partial charge in [-0.15, -0.1) is 0 Å². The fraction of sp³-hybridized carbons (Fsp3) is 0.350. The van der Waals surface area contributed by atoms with E-state index < -0.39 is 11.9 Å². The highest BCUT2D eigenvalue weighted by molar-refractivity contribution is 5.95. The summed E-state index contributed by atoms with van der Waals surface area (Å²) >= 11 is 0. The zero-order valence-corrected chi connectivity index (χ0v) is 14.9. The van der Waals surface area contributed by atoms with Crippen LogP contribution in [0.3, 0.4) is 0 Å². The van der Waals surface area contributed by atoms with Crippen LogP contribution < -0.4 is 4.74 Å². The van der Waals surface area contributed by atoms with Crippen LogP contribution in [0.4, 0.5) is 0 Å². The standard InChI is InChI=1S/C20H22N2O4/c1-13-8-17(19(23)22-7-5-16(11-22)20(24)25)9-14(2)18(13)26-12-15-4-3-6-21-10-15/h3-4,6,8-10,16H,5,7,11-12H2,1-2H3,(H,24,25)/t16-/m0/s1. The molecule has 1 saturated heterocycles. The van der Waals surface area contributed by atoms with Crippen LogP contribution in [0.15, 0.2) is 36.7 Å². The van der Waals surface area contributed by atoms with Gasteiger partial charge in [0.25, 0.3) is 5.91 Å². The number of aryl methyl sites for hydroxylation is 2. The first-order valence-electron chi connectivity index (χ1n) is 8.60. The monoisotopic (exact) mass is 354 g/mol. The Morgan fingerprint density at radius 1 is 1.31 bits per heavy atom. The predicted octanol–water partition coefficient (Wildman–Crippen LogP) is 2.82. The summed E-state index contributed by atoms with van der Waals surface area (Å²) in [6.45, 7) is 4.98. The molecular formula is C20H22N2O4. The van der Waals surface area contributed by atoms with Crippen molar-refractivity contribution < 1.29 is 19.4 Å². The van der Waals surface area contributed by atoms with E-state index in [4.69, 9.17) is 9.84 Å². The fourth-order valence-electron chi connectivity index (χ4n) is 3.27. The Bertz CT molecular complexity index is 797. The van der Waals surface area contributed by atoms with E-state index in [9.17, 15) is 9.59 Å². The molecule has 2 aromatic rings. The maximum absolute atomic E-state index is 12.7. The van der Waals surface area contributed by atoms with Crippen molar-refractivity contribution in [2.45, 2.75) is 26.9 Å². The summed E-state index contributed by atoms with van der Waals surface area (Å²) in [6, 6.07) is 7.42. The van der Waals surface area contributed by atoms with Crippen LogP contribution in [0.1, 0.15) is 33.5 Å². The van der Waals surface area contributed by atoms with E-state index in [1.54, 1.807) is 17.3 Å². The van der Waals surface area contributed by atoms with Crippen LogP contribution in [-0.2, 0) is 11.4 Å². The second-order valence-electron chi connectivity index (χ2n) is 6.66. The maximum Gasteiger partial charge on any atom is 0.308 e. The lowest BCUT2D eigenvalue weighted by molar-refractivity contribution is -0.141. The molecule has 1 aliphatic rings. The normalized spacial score (nSPS) is 16.5. The first-order valence-corrected chi connectivity index (χ1v) is 8.60. The average molecular weight is 354 g/mol. The first-order chi connectivity index (χ1) is 12.5. The minimum atomic E-state index is -0.841. The number of carbonyl (C=O) groups is 2. The van der Waals surface area contributed by atoms with Gasteiger partial charge in [-0.25, -0.2) is 0 Å². The van der Waals surface area contributed by atoms with Crippen molar-refractivity contribution in [2.24, 2.45) is 5.92 Å². The fourth-order valence-corrected chi connectivity index (χ4v) is 3.27. The number of aliphatic carboxylic acids is 1. The largest absolute Gasteiger partial charge is 0.488 e.